The maximum atomic E-state index is 13.7. The summed E-state index contributed by atoms with van der Waals surface area (Å²) in [4.78, 5) is 43.4. The lowest BCUT2D eigenvalue weighted by Gasteiger charge is -2.61. The van der Waals surface area contributed by atoms with Gasteiger partial charge in [0.1, 0.15) is 31.0 Å². The largest absolute Gasteiger partial charge is 0.504 e. The van der Waals surface area contributed by atoms with Crippen molar-refractivity contribution in [2.45, 2.75) is 72.5 Å². The van der Waals surface area contributed by atoms with Crippen LogP contribution < -0.4 is 24.3 Å². The molecular weight excluding hydrogens is 763 g/mol. The number of esters is 2. The number of hydrogen-bond acceptors (Lipinski definition) is 14. The van der Waals surface area contributed by atoms with Gasteiger partial charge in [-0.15, -0.1) is 11.8 Å². The SMILES string of the molecule is COc1c(C)cc2c(c1O)[C@@H]1[C@@H]3C4SC[C@H](NC(=O)OCC(Cl)(Cl)Cl)C(=O)OC[C@@H](c5c6c(c(C)c(OC(C)=O)c54)OCO6)N3[C@@H](C#N)C(C2)N1C. The van der Waals surface area contributed by atoms with Crippen LogP contribution in [0.25, 0.3) is 0 Å². The first-order valence-electron chi connectivity index (χ1n) is 16.4. The molecule has 5 heterocycles. The molecule has 7 rings (SSSR count). The second kappa shape index (κ2) is 13.7. The molecule has 2 aromatic carbocycles. The maximum absolute atomic E-state index is 13.7. The average molecular weight is 798 g/mol. The fraction of sp³-hybridized carbons (Fsp3) is 0.529. The monoisotopic (exact) mass is 796 g/mol. The van der Waals surface area contributed by atoms with E-state index in [1.165, 1.54) is 25.8 Å². The van der Waals surface area contributed by atoms with Crippen LogP contribution in [0.4, 0.5) is 4.79 Å². The third-order valence-electron chi connectivity index (χ3n) is 10.3. The predicted octanol–water partition coefficient (Wildman–Crippen LogP) is 4.70. The number of carbonyl (C=O) groups is 3. The van der Waals surface area contributed by atoms with Crippen LogP contribution in [-0.4, -0.2) is 101 Å². The van der Waals surface area contributed by atoms with Gasteiger partial charge in [-0.25, -0.2) is 9.59 Å². The Kier molecular flexibility index (Phi) is 9.71. The highest BCUT2D eigenvalue weighted by molar-refractivity contribution is 7.99. The van der Waals surface area contributed by atoms with Crippen molar-refractivity contribution in [1.82, 2.24) is 15.1 Å². The molecule has 7 atom stereocenters. The zero-order valence-electron chi connectivity index (χ0n) is 28.7. The Morgan fingerprint density at radius 2 is 1.88 bits per heavy atom. The molecule has 2 saturated heterocycles. The van der Waals surface area contributed by atoms with E-state index in [9.17, 15) is 24.8 Å². The smallest absolute Gasteiger partial charge is 0.408 e. The van der Waals surface area contributed by atoms with Crippen molar-refractivity contribution in [3.63, 3.8) is 0 Å². The van der Waals surface area contributed by atoms with Crippen LogP contribution in [0.15, 0.2) is 6.07 Å². The number of amides is 1. The van der Waals surface area contributed by atoms with E-state index in [1.54, 1.807) is 6.92 Å². The summed E-state index contributed by atoms with van der Waals surface area (Å²) >= 11 is 18.6. The number of benzene rings is 2. The maximum Gasteiger partial charge on any atom is 0.408 e. The van der Waals surface area contributed by atoms with Gasteiger partial charge in [-0.3, -0.25) is 14.6 Å². The summed E-state index contributed by atoms with van der Waals surface area (Å²) in [5, 5.41) is 24.7. The van der Waals surface area contributed by atoms with Crippen molar-refractivity contribution in [1.29, 1.82) is 5.26 Å². The highest BCUT2D eigenvalue weighted by Gasteiger charge is 2.60. The van der Waals surface area contributed by atoms with Crippen LogP contribution in [0.2, 0.25) is 0 Å². The van der Waals surface area contributed by atoms with E-state index in [-0.39, 0.29) is 36.7 Å². The van der Waals surface area contributed by atoms with Gasteiger partial charge < -0.3 is 38.8 Å². The molecule has 1 amide bonds. The number of aromatic hydroxyl groups is 1. The molecule has 52 heavy (non-hydrogen) atoms. The Morgan fingerprint density at radius 1 is 1.15 bits per heavy atom. The highest BCUT2D eigenvalue weighted by atomic mass is 35.6. The summed E-state index contributed by atoms with van der Waals surface area (Å²) in [5.74, 6) is -0.00818. The third kappa shape index (κ3) is 6.01. The van der Waals surface area contributed by atoms with Gasteiger partial charge in [0.15, 0.2) is 23.0 Å². The molecule has 2 fully saturated rings. The lowest BCUT2D eigenvalue weighted by atomic mass is 9.71. The second-order valence-corrected chi connectivity index (χ2v) is 17.0. The second-order valence-electron chi connectivity index (χ2n) is 13.3. The molecule has 0 saturated carbocycles. The number of alkyl halides is 3. The first-order chi connectivity index (χ1) is 24.7. The number of fused-ring (bicyclic) bond motifs is 9. The van der Waals surface area contributed by atoms with Crippen LogP contribution in [0.5, 0.6) is 28.7 Å². The number of nitrogens with one attached hydrogen (secondary N) is 1. The van der Waals surface area contributed by atoms with Crippen molar-refractivity contribution >= 4 is 64.6 Å². The van der Waals surface area contributed by atoms with Crippen LogP contribution in [-0.2, 0) is 25.5 Å². The molecule has 278 valence electrons. The van der Waals surface area contributed by atoms with Gasteiger partial charge in [-0.1, -0.05) is 40.9 Å². The molecule has 2 unspecified atom stereocenters. The number of hydrogen-bond donors (Lipinski definition) is 2. The zero-order chi connectivity index (χ0) is 37.4. The Labute approximate surface area is 318 Å². The first-order valence-corrected chi connectivity index (χ1v) is 18.6. The molecule has 14 nitrogen and oxygen atoms in total. The molecule has 0 spiro atoms. The van der Waals surface area contributed by atoms with E-state index in [2.05, 4.69) is 21.2 Å². The lowest BCUT2D eigenvalue weighted by molar-refractivity contribution is -0.151. The number of rotatable bonds is 4. The molecular formula is C34H35Cl3N4O10S. The summed E-state index contributed by atoms with van der Waals surface area (Å²) < 4.78 is 32.8. The number of aryl methyl sites for hydroxylation is 1. The number of piperazine rings is 1. The van der Waals surface area contributed by atoms with Crippen molar-refractivity contribution in [3.05, 3.63) is 39.4 Å². The third-order valence-corrected chi connectivity index (χ3v) is 12.0. The number of nitriles is 1. The fourth-order valence-electron chi connectivity index (χ4n) is 8.40. The van der Waals surface area contributed by atoms with Gasteiger partial charge in [-0.2, -0.15) is 5.26 Å². The summed E-state index contributed by atoms with van der Waals surface area (Å²) in [6, 6.07) is 0.309. The lowest BCUT2D eigenvalue weighted by Crippen LogP contribution is -2.69. The van der Waals surface area contributed by atoms with Gasteiger partial charge in [-0.05, 0) is 38.4 Å². The average Bonchev–Trinajstić information content (AvgIpc) is 3.57. The minimum Gasteiger partial charge on any atom is -0.504 e. The number of methoxy groups -OCH3 is 1. The predicted molar refractivity (Wildman–Crippen MR) is 188 cm³/mol. The van der Waals surface area contributed by atoms with E-state index in [4.69, 9.17) is 63.2 Å². The normalized spacial score (nSPS) is 27.7. The van der Waals surface area contributed by atoms with Crippen molar-refractivity contribution in [2.24, 2.45) is 0 Å². The van der Waals surface area contributed by atoms with Gasteiger partial charge in [0.25, 0.3) is 0 Å². The number of phenols is 1. The topological polar surface area (TPSA) is 169 Å². The number of alkyl carbamates (subject to hydrolysis) is 1. The Hall–Kier alpha value is -3.52. The van der Waals surface area contributed by atoms with Crippen molar-refractivity contribution in [3.8, 4) is 34.8 Å². The minimum atomic E-state index is -1.88. The summed E-state index contributed by atoms with van der Waals surface area (Å²) in [7, 11) is 3.42. The van der Waals surface area contributed by atoms with E-state index in [0.717, 1.165) is 11.1 Å². The van der Waals surface area contributed by atoms with Gasteiger partial charge >= 0.3 is 18.0 Å². The van der Waals surface area contributed by atoms with Crippen LogP contribution in [0, 0.1) is 25.2 Å². The van der Waals surface area contributed by atoms with Crippen molar-refractivity contribution < 1.29 is 47.9 Å². The summed E-state index contributed by atoms with van der Waals surface area (Å²) in [5.41, 5.74) is 3.97. The van der Waals surface area contributed by atoms with Gasteiger partial charge in [0, 0.05) is 47.0 Å². The van der Waals surface area contributed by atoms with E-state index in [1.807, 2.05) is 20.0 Å². The standard InChI is InChI=1S/C34H35Cl3N4O10S/c1-13-6-16-7-18-19(8-38)41-20-9-47-32(44)17(39-33(45)48-11-34(35,36)37)10-52-31(25(41)24(40(18)4)21(16)26(43)27(13)46-5)23-22(20)30-29(49-12-50-30)14(2)28(23)51-15(3)42/h6,17-20,24-25,31,43H,7,9-12H2,1-5H3,(H,39,45)/t17-,18?,19-,20-,24+,25+,31?/m0/s1. The van der Waals surface area contributed by atoms with Gasteiger partial charge in [0.05, 0.1) is 30.5 Å². The molecule has 5 aliphatic rings. The molecule has 0 radical (unpaired) electrons. The van der Waals surface area contributed by atoms with E-state index < -0.39 is 63.9 Å². The number of ether oxygens (including phenoxy) is 6. The molecule has 5 aliphatic heterocycles. The van der Waals surface area contributed by atoms with Crippen LogP contribution >= 0.6 is 46.6 Å². The summed E-state index contributed by atoms with van der Waals surface area (Å²) in [6.45, 7) is 3.97. The Morgan fingerprint density at radius 3 is 2.56 bits per heavy atom. The fourth-order valence-corrected chi connectivity index (χ4v) is 10.1. The zero-order valence-corrected chi connectivity index (χ0v) is 31.7. The van der Waals surface area contributed by atoms with Crippen molar-refractivity contribution in [2.75, 3.05) is 39.9 Å². The molecule has 0 aliphatic carbocycles. The molecule has 0 aromatic heterocycles. The number of phenolic OH excluding ortho intramolecular Hbond substituents is 1. The number of thioether (sulfide) groups is 1. The number of carbonyl (C=O) groups excluding carboxylic acids is 3. The Bertz CT molecular complexity index is 1900. The molecule has 2 aromatic rings. The first kappa shape index (κ1) is 36.8. The number of nitrogens with zero attached hydrogens (tertiary/aromatic N) is 3. The summed E-state index contributed by atoms with van der Waals surface area (Å²) in [6.07, 6.45) is -0.553. The van der Waals surface area contributed by atoms with E-state index in [0.29, 0.717) is 45.9 Å². The Balaban J connectivity index is 1.45. The number of halogens is 3. The highest BCUT2D eigenvalue weighted by Crippen LogP contribution is 2.64. The van der Waals surface area contributed by atoms with Crippen LogP contribution in [0.3, 0.4) is 0 Å². The van der Waals surface area contributed by atoms with Gasteiger partial charge in [0.2, 0.25) is 10.6 Å². The van der Waals surface area contributed by atoms with Crippen LogP contribution in [0.1, 0.15) is 57.6 Å². The molecule has 18 heteroatoms. The quantitative estimate of drug-likeness (QED) is 0.248. The molecule has 2 N–H and O–H groups in total. The number of likely N-dealkylation sites (N-methyl/N-ethyl adjacent to an activating group) is 1. The molecule has 4 bridgehead atoms. The number of cyclic esters (lactones) is 1. The minimum absolute atomic E-state index is 0.00825. The van der Waals surface area contributed by atoms with E-state index >= 15 is 0 Å².